The normalized spacial score (nSPS) is 21.5. The maximum absolute atomic E-state index is 12.3. The first-order chi connectivity index (χ1) is 10.6. The van der Waals surface area contributed by atoms with E-state index in [1.807, 2.05) is 12.1 Å². The van der Waals surface area contributed by atoms with Gasteiger partial charge >= 0.3 is 0 Å². The summed E-state index contributed by atoms with van der Waals surface area (Å²) >= 11 is 0. The summed E-state index contributed by atoms with van der Waals surface area (Å²) in [4.78, 5) is 16.5. The van der Waals surface area contributed by atoms with Gasteiger partial charge in [0.15, 0.2) is 5.82 Å². The van der Waals surface area contributed by atoms with Crippen LogP contribution in [0.2, 0.25) is 0 Å². The Morgan fingerprint density at radius 2 is 1.95 bits per heavy atom. The van der Waals surface area contributed by atoms with Gasteiger partial charge in [-0.3, -0.25) is 4.79 Å². The molecule has 1 amide bonds. The predicted molar refractivity (Wildman–Crippen MR) is 83.4 cm³/mol. The van der Waals surface area contributed by atoms with Crippen LogP contribution in [0.1, 0.15) is 48.8 Å². The Morgan fingerprint density at radius 1 is 1.23 bits per heavy atom. The molecular weight excluding hydrogens is 278 g/mol. The van der Waals surface area contributed by atoms with Crippen molar-refractivity contribution >= 4 is 5.91 Å². The summed E-state index contributed by atoms with van der Waals surface area (Å²) < 4.78 is 5.12. The van der Waals surface area contributed by atoms with Crippen molar-refractivity contribution in [3.63, 3.8) is 0 Å². The lowest BCUT2D eigenvalue weighted by atomic mass is 9.86. The summed E-state index contributed by atoms with van der Waals surface area (Å²) in [5, 5.41) is 6.93. The first kappa shape index (κ1) is 14.8. The van der Waals surface area contributed by atoms with Gasteiger partial charge in [-0.25, -0.2) is 0 Å². The molecule has 0 radical (unpaired) electrons. The molecule has 1 heterocycles. The van der Waals surface area contributed by atoms with E-state index in [0.717, 1.165) is 12.0 Å². The number of rotatable bonds is 3. The second kappa shape index (κ2) is 6.30. The predicted octanol–water partition coefficient (Wildman–Crippen LogP) is 3.35. The average molecular weight is 299 g/mol. The monoisotopic (exact) mass is 299 g/mol. The Morgan fingerprint density at radius 3 is 2.59 bits per heavy atom. The van der Waals surface area contributed by atoms with Gasteiger partial charge in [0.25, 0.3) is 11.8 Å². The summed E-state index contributed by atoms with van der Waals surface area (Å²) in [6, 6.07) is 7.58. The number of aryl methyl sites for hydroxylation is 1. The van der Waals surface area contributed by atoms with Crippen molar-refractivity contribution in [1.29, 1.82) is 0 Å². The molecule has 2 atom stereocenters. The number of nitrogens with one attached hydrogen (secondary N) is 1. The second-order valence-corrected chi connectivity index (χ2v) is 6.07. The first-order valence-electron chi connectivity index (χ1n) is 7.85. The summed E-state index contributed by atoms with van der Waals surface area (Å²) in [6.45, 7) is 3.99. The Labute approximate surface area is 130 Å². The first-order valence-corrected chi connectivity index (χ1v) is 7.85. The van der Waals surface area contributed by atoms with Gasteiger partial charge in [-0.1, -0.05) is 24.9 Å². The molecule has 116 valence electrons. The number of hydrogen-bond acceptors (Lipinski definition) is 4. The van der Waals surface area contributed by atoms with Crippen molar-refractivity contribution in [1.82, 2.24) is 15.5 Å². The molecule has 1 saturated carbocycles. The van der Waals surface area contributed by atoms with Crippen LogP contribution in [0, 0.1) is 12.8 Å². The maximum Gasteiger partial charge on any atom is 0.257 e. The summed E-state index contributed by atoms with van der Waals surface area (Å²) in [6.07, 6.45) is 4.74. The van der Waals surface area contributed by atoms with Gasteiger partial charge in [0.1, 0.15) is 0 Å². The number of carbonyl (C=O) groups is 1. The fourth-order valence-corrected chi connectivity index (χ4v) is 2.96. The molecule has 2 unspecified atom stereocenters. The van der Waals surface area contributed by atoms with Crippen LogP contribution in [-0.4, -0.2) is 22.1 Å². The molecule has 1 N–H and O–H groups in total. The average Bonchev–Trinajstić information content (AvgIpc) is 2.96. The number of carbonyl (C=O) groups excluding carboxylic acids is 1. The Balaban J connectivity index is 1.68. The van der Waals surface area contributed by atoms with Gasteiger partial charge in [-0.15, -0.1) is 0 Å². The van der Waals surface area contributed by atoms with Crippen molar-refractivity contribution < 1.29 is 9.32 Å². The summed E-state index contributed by atoms with van der Waals surface area (Å²) in [7, 11) is 0. The molecule has 1 aromatic heterocycles. The van der Waals surface area contributed by atoms with E-state index in [1.165, 1.54) is 19.3 Å². The van der Waals surface area contributed by atoms with Crippen molar-refractivity contribution in [2.24, 2.45) is 5.92 Å². The van der Waals surface area contributed by atoms with E-state index in [1.54, 1.807) is 19.1 Å². The fourth-order valence-electron chi connectivity index (χ4n) is 2.96. The summed E-state index contributed by atoms with van der Waals surface area (Å²) in [5.41, 5.74) is 1.49. The van der Waals surface area contributed by atoms with E-state index in [2.05, 4.69) is 22.4 Å². The molecule has 5 heteroatoms. The molecule has 1 aliphatic rings. The van der Waals surface area contributed by atoms with E-state index in [0.29, 0.717) is 29.2 Å². The van der Waals surface area contributed by atoms with E-state index in [-0.39, 0.29) is 5.91 Å². The van der Waals surface area contributed by atoms with Crippen LogP contribution in [0.4, 0.5) is 0 Å². The minimum absolute atomic E-state index is 0.00740. The SMILES string of the molecule is Cc1noc(-c2ccc(C(=O)NC3CCCCC3C)cc2)n1. The highest BCUT2D eigenvalue weighted by Gasteiger charge is 2.23. The van der Waals surface area contributed by atoms with Crippen LogP contribution in [0.25, 0.3) is 11.5 Å². The van der Waals surface area contributed by atoms with E-state index in [9.17, 15) is 4.79 Å². The summed E-state index contributed by atoms with van der Waals surface area (Å²) in [5.74, 6) is 1.62. The third kappa shape index (κ3) is 3.18. The zero-order chi connectivity index (χ0) is 15.5. The van der Waals surface area contributed by atoms with Crippen molar-refractivity contribution in [3.8, 4) is 11.5 Å². The largest absolute Gasteiger partial charge is 0.349 e. The van der Waals surface area contributed by atoms with Gasteiger partial charge in [-0.05, 0) is 49.9 Å². The molecule has 3 rings (SSSR count). The Kier molecular flexibility index (Phi) is 4.22. The molecule has 0 bridgehead atoms. The van der Waals surface area contributed by atoms with Crippen LogP contribution in [0.15, 0.2) is 28.8 Å². The Bertz CT molecular complexity index is 648. The quantitative estimate of drug-likeness (QED) is 0.943. The number of nitrogens with zero attached hydrogens (tertiary/aromatic N) is 2. The molecule has 1 aliphatic carbocycles. The van der Waals surface area contributed by atoms with Gasteiger partial charge in [0, 0.05) is 17.2 Å². The molecule has 0 aliphatic heterocycles. The maximum atomic E-state index is 12.3. The van der Waals surface area contributed by atoms with Crippen molar-refractivity contribution in [2.75, 3.05) is 0 Å². The standard InChI is InChI=1S/C17H21N3O2/c1-11-5-3-4-6-15(11)19-16(21)13-7-9-14(10-8-13)17-18-12(2)20-22-17/h7-11,15H,3-6H2,1-2H3,(H,19,21). The second-order valence-electron chi connectivity index (χ2n) is 6.07. The van der Waals surface area contributed by atoms with E-state index in [4.69, 9.17) is 4.52 Å². The molecular formula is C17H21N3O2. The highest BCUT2D eigenvalue weighted by Crippen LogP contribution is 2.24. The number of amides is 1. The minimum Gasteiger partial charge on any atom is -0.349 e. The molecule has 22 heavy (non-hydrogen) atoms. The van der Waals surface area contributed by atoms with Crippen LogP contribution in [-0.2, 0) is 0 Å². The van der Waals surface area contributed by atoms with Crippen molar-refractivity contribution in [3.05, 3.63) is 35.7 Å². The molecule has 0 saturated heterocycles. The van der Waals surface area contributed by atoms with Crippen molar-refractivity contribution in [2.45, 2.75) is 45.6 Å². The molecule has 5 nitrogen and oxygen atoms in total. The van der Waals surface area contributed by atoms with Crippen LogP contribution >= 0.6 is 0 Å². The lowest BCUT2D eigenvalue weighted by molar-refractivity contribution is 0.0910. The number of benzene rings is 1. The minimum atomic E-state index is -0.00740. The zero-order valence-electron chi connectivity index (χ0n) is 13.0. The van der Waals surface area contributed by atoms with Gasteiger partial charge in [0.2, 0.25) is 0 Å². The Hall–Kier alpha value is -2.17. The topological polar surface area (TPSA) is 68.0 Å². The third-order valence-electron chi connectivity index (χ3n) is 4.35. The van der Waals surface area contributed by atoms with Gasteiger partial charge < -0.3 is 9.84 Å². The molecule has 1 aromatic carbocycles. The van der Waals surface area contributed by atoms with Gasteiger partial charge in [0.05, 0.1) is 0 Å². The number of aromatic nitrogens is 2. The highest BCUT2D eigenvalue weighted by atomic mass is 16.5. The zero-order valence-corrected chi connectivity index (χ0v) is 13.0. The van der Waals surface area contributed by atoms with Gasteiger partial charge in [-0.2, -0.15) is 4.98 Å². The number of hydrogen-bond donors (Lipinski definition) is 1. The van der Waals surface area contributed by atoms with E-state index >= 15 is 0 Å². The van der Waals surface area contributed by atoms with E-state index < -0.39 is 0 Å². The van der Waals surface area contributed by atoms with Crippen LogP contribution in [0.3, 0.4) is 0 Å². The lowest BCUT2D eigenvalue weighted by Gasteiger charge is -2.29. The third-order valence-corrected chi connectivity index (χ3v) is 4.35. The molecule has 0 spiro atoms. The fraction of sp³-hybridized carbons (Fsp3) is 0.471. The smallest absolute Gasteiger partial charge is 0.257 e. The molecule has 2 aromatic rings. The molecule has 1 fully saturated rings. The van der Waals surface area contributed by atoms with Crippen LogP contribution in [0.5, 0.6) is 0 Å². The lowest BCUT2D eigenvalue weighted by Crippen LogP contribution is -2.41. The van der Waals surface area contributed by atoms with Crippen LogP contribution < -0.4 is 5.32 Å². The highest BCUT2D eigenvalue weighted by molar-refractivity contribution is 5.94.